The van der Waals surface area contributed by atoms with Gasteiger partial charge in [0.05, 0.1) is 6.42 Å². The number of fused-ring (bicyclic) bond motifs is 1. The Kier molecular flexibility index (Phi) is 4.91. The predicted molar refractivity (Wildman–Crippen MR) is 75.0 cm³/mol. The summed E-state index contributed by atoms with van der Waals surface area (Å²) < 4.78 is 37.2. The first-order chi connectivity index (χ1) is 9.51. The van der Waals surface area contributed by atoms with Crippen LogP contribution in [0.5, 0.6) is 0 Å². The van der Waals surface area contributed by atoms with Gasteiger partial charge in [-0.25, -0.2) is 0 Å². The molecule has 1 N–H and O–H groups in total. The minimum Gasteiger partial charge on any atom is -0.371 e. The molecule has 0 spiro atoms. The minimum atomic E-state index is -4.09. The molecule has 0 amide bonds. The summed E-state index contributed by atoms with van der Waals surface area (Å²) in [6.45, 7) is 3.76. The summed E-state index contributed by atoms with van der Waals surface area (Å²) in [6, 6.07) is 8.04. The van der Waals surface area contributed by atoms with Gasteiger partial charge in [0.2, 0.25) is 0 Å². The van der Waals surface area contributed by atoms with E-state index in [9.17, 15) is 13.2 Å². The number of benzene rings is 1. The highest BCUT2D eigenvalue weighted by Gasteiger charge is 2.30. The third-order valence-electron chi connectivity index (χ3n) is 3.65. The van der Waals surface area contributed by atoms with E-state index in [4.69, 9.17) is 0 Å². The fourth-order valence-electron chi connectivity index (χ4n) is 2.66. The van der Waals surface area contributed by atoms with Crippen LogP contribution in [0.1, 0.15) is 37.8 Å². The fraction of sp³-hybridized carbons (Fsp3) is 0.600. The molecule has 0 saturated heterocycles. The Hall–Kier alpha value is -1.23. The van der Waals surface area contributed by atoms with Crippen molar-refractivity contribution in [1.29, 1.82) is 0 Å². The average Bonchev–Trinajstić information content (AvgIpc) is 2.42. The van der Waals surface area contributed by atoms with Gasteiger partial charge in [-0.1, -0.05) is 25.1 Å². The van der Waals surface area contributed by atoms with Crippen molar-refractivity contribution in [1.82, 2.24) is 5.32 Å². The van der Waals surface area contributed by atoms with Gasteiger partial charge < -0.3 is 10.2 Å². The van der Waals surface area contributed by atoms with Gasteiger partial charge in [-0.15, -0.1) is 0 Å². The Bertz CT molecular complexity index is 431. The first-order valence-electron chi connectivity index (χ1n) is 7.15. The van der Waals surface area contributed by atoms with Crippen molar-refractivity contribution in [3.63, 3.8) is 0 Å². The molecule has 20 heavy (non-hydrogen) atoms. The lowest BCUT2D eigenvalue weighted by molar-refractivity contribution is -0.132. The van der Waals surface area contributed by atoms with Crippen LogP contribution in [0, 0.1) is 0 Å². The number of anilines is 1. The highest BCUT2D eigenvalue weighted by Crippen LogP contribution is 2.34. The van der Waals surface area contributed by atoms with Crippen molar-refractivity contribution in [3.05, 3.63) is 29.8 Å². The third-order valence-corrected chi connectivity index (χ3v) is 3.65. The molecule has 0 saturated carbocycles. The van der Waals surface area contributed by atoms with E-state index in [2.05, 4.69) is 12.2 Å². The topological polar surface area (TPSA) is 15.3 Å². The summed E-state index contributed by atoms with van der Waals surface area (Å²) in [5.41, 5.74) is 2.06. The number of nitrogens with one attached hydrogen (secondary N) is 1. The Balaban J connectivity index is 2.10. The Labute approximate surface area is 118 Å². The molecule has 0 aromatic heterocycles. The van der Waals surface area contributed by atoms with E-state index in [1.54, 1.807) is 0 Å². The fourth-order valence-corrected chi connectivity index (χ4v) is 2.66. The molecule has 0 radical (unpaired) electrons. The molecule has 1 aromatic rings. The highest BCUT2D eigenvalue weighted by molar-refractivity contribution is 5.57. The molecule has 1 heterocycles. The van der Waals surface area contributed by atoms with E-state index in [1.807, 2.05) is 29.2 Å². The van der Waals surface area contributed by atoms with E-state index in [-0.39, 0.29) is 12.6 Å². The van der Waals surface area contributed by atoms with Gasteiger partial charge in [0.15, 0.2) is 0 Å². The number of nitrogens with zero attached hydrogens (tertiary/aromatic N) is 1. The SMILES string of the molecule is CCCNC1CCN(CCC(F)(F)F)c2ccccc21. The second kappa shape index (κ2) is 6.48. The van der Waals surface area contributed by atoms with Crippen LogP contribution < -0.4 is 10.2 Å². The van der Waals surface area contributed by atoms with Crippen molar-refractivity contribution in [2.45, 2.75) is 38.4 Å². The summed E-state index contributed by atoms with van der Waals surface area (Å²) in [5, 5.41) is 3.47. The normalized spacial score (nSPS) is 19.0. The second-order valence-electron chi connectivity index (χ2n) is 5.21. The van der Waals surface area contributed by atoms with Gasteiger partial charge in [-0.2, -0.15) is 13.2 Å². The van der Waals surface area contributed by atoms with Gasteiger partial charge in [-0.3, -0.25) is 0 Å². The first kappa shape index (κ1) is 15.2. The zero-order valence-corrected chi connectivity index (χ0v) is 11.7. The quantitative estimate of drug-likeness (QED) is 0.883. The van der Waals surface area contributed by atoms with Crippen LogP contribution in [0.4, 0.5) is 18.9 Å². The molecule has 2 rings (SSSR count). The standard InChI is InChI=1S/C15H21F3N2/c1-2-9-19-13-7-10-20(11-8-15(16,17)18)14-6-4-3-5-12(13)14/h3-6,13,19H,2,7-11H2,1H3. The number of para-hydroxylation sites is 1. The minimum absolute atomic E-state index is 0.0427. The van der Waals surface area contributed by atoms with Gasteiger partial charge >= 0.3 is 6.18 Å². The van der Waals surface area contributed by atoms with E-state index in [0.29, 0.717) is 6.54 Å². The van der Waals surface area contributed by atoms with Crippen LogP contribution in [0.25, 0.3) is 0 Å². The number of hydrogen-bond donors (Lipinski definition) is 1. The van der Waals surface area contributed by atoms with E-state index >= 15 is 0 Å². The Morgan fingerprint density at radius 3 is 2.75 bits per heavy atom. The maximum atomic E-state index is 12.4. The largest absolute Gasteiger partial charge is 0.390 e. The van der Waals surface area contributed by atoms with Gasteiger partial charge in [-0.05, 0) is 31.0 Å². The third kappa shape index (κ3) is 3.88. The molecular formula is C15H21F3N2. The molecule has 0 aliphatic carbocycles. The van der Waals surface area contributed by atoms with Crippen LogP contribution in [0.15, 0.2) is 24.3 Å². The summed E-state index contributed by atoms with van der Waals surface area (Å²) in [5.74, 6) is 0. The maximum Gasteiger partial charge on any atom is 0.390 e. The number of alkyl halides is 3. The monoisotopic (exact) mass is 286 g/mol. The predicted octanol–water partition coefficient (Wildman–Crippen LogP) is 3.89. The molecule has 112 valence electrons. The Morgan fingerprint density at radius 1 is 1.30 bits per heavy atom. The lowest BCUT2D eigenvalue weighted by Gasteiger charge is -2.36. The van der Waals surface area contributed by atoms with Crippen LogP contribution >= 0.6 is 0 Å². The Morgan fingerprint density at radius 2 is 2.05 bits per heavy atom. The molecule has 1 aromatic carbocycles. The van der Waals surface area contributed by atoms with E-state index in [1.165, 1.54) is 0 Å². The highest BCUT2D eigenvalue weighted by atomic mass is 19.4. The summed E-state index contributed by atoms with van der Waals surface area (Å²) >= 11 is 0. The van der Waals surface area contributed by atoms with Crippen LogP contribution in [0.3, 0.4) is 0 Å². The van der Waals surface area contributed by atoms with Crippen molar-refractivity contribution in [2.24, 2.45) is 0 Å². The second-order valence-corrected chi connectivity index (χ2v) is 5.21. The number of rotatable bonds is 5. The van der Waals surface area contributed by atoms with Gasteiger partial charge in [0.1, 0.15) is 0 Å². The zero-order chi connectivity index (χ0) is 14.6. The molecule has 1 atom stereocenters. The van der Waals surface area contributed by atoms with E-state index < -0.39 is 12.6 Å². The molecular weight excluding hydrogens is 265 g/mol. The summed E-state index contributed by atoms with van der Waals surface area (Å²) in [7, 11) is 0. The molecule has 1 aliphatic heterocycles. The molecule has 1 aliphatic rings. The molecule has 5 heteroatoms. The zero-order valence-electron chi connectivity index (χ0n) is 11.7. The van der Waals surface area contributed by atoms with Crippen LogP contribution in [-0.2, 0) is 0 Å². The number of hydrogen-bond acceptors (Lipinski definition) is 2. The maximum absolute atomic E-state index is 12.4. The lowest BCUT2D eigenvalue weighted by atomic mass is 9.96. The summed E-state index contributed by atoms with van der Waals surface area (Å²) in [6.07, 6.45) is -2.94. The van der Waals surface area contributed by atoms with Crippen LogP contribution in [-0.4, -0.2) is 25.8 Å². The molecule has 0 bridgehead atoms. The smallest absolute Gasteiger partial charge is 0.371 e. The first-order valence-corrected chi connectivity index (χ1v) is 7.15. The number of halogens is 3. The molecule has 1 unspecified atom stereocenters. The van der Waals surface area contributed by atoms with E-state index in [0.717, 1.165) is 30.6 Å². The van der Waals surface area contributed by atoms with Crippen LogP contribution in [0.2, 0.25) is 0 Å². The molecule has 2 nitrogen and oxygen atoms in total. The summed E-state index contributed by atoms with van der Waals surface area (Å²) in [4.78, 5) is 1.85. The van der Waals surface area contributed by atoms with Gasteiger partial charge in [0.25, 0.3) is 0 Å². The van der Waals surface area contributed by atoms with Crippen molar-refractivity contribution in [2.75, 3.05) is 24.5 Å². The van der Waals surface area contributed by atoms with Crippen molar-refractivity contribution < 1.29 is 13.2 Å². The molecule has 0 fully saturated rings. The average molecular weight is 286 g/mol. The van der Waals surface area contributed by atoms with Crippen molar-refractivity contribution >= 4 is 5.69 Å². The lowest BCUT2D eigenvalue weighted by Crippen LogP contribution is -2.37. The van der Waals surface area contributed by atoms with Crippen molar-refractivity contribution in [3.8, 4) is 0 Å². The van der Waals surface area contributed by atoms with Gasteiger partial charge in [0, 0.05) is 24.8 Å².